The summed E-state index contributed by atoms with van der Waals surface area (Å²) in [5.74, 6) is 7.57. The zero-order valence-electron chi connectivity index (χ0n) is 11.6. The summed E-state index contributed by atoms with van der Waals surface area (Å²) in [5, 5.41) is 0. The van der Waals surface area contributed by atoms with E-state index in [2.05, 4.69) is 26.0 Å². The molecule has 1 atom stereocenters. The maximum absolute atomic E-state index is 5.68. The van der Waals surface area contributed by atoms with Crippen molar-refractivity contribution in [1.29, 1.82) is 0 Å². The highest BCUT2D eigenvalue weighted by Gasteiger charge is 2.18. The molecule has 3 aromatic rings. The van der Waals surface area contributed by atoms with E-state index in [0.717, 1.165) is 22.7 Å². The second-order valence-electron chi connectivity index (χ2n) is 4.90. The highest BCUT2D eigenvalue weighted by molar-refractivity contribution is 5.75. The average molecular weight is 270 g/mol. The van der Waals surface area contributed by atoms with Crippen LogP contribution in [-0.2, 0) is 20.5 Å². The number of rotatable bonds is 4. The highest BCUT2D eigenvalue weighted by atomic mass is 15.3. The molecule has 1 aromatic carbocycles. The fourth-order valence-corrected chi connectivity index (χ4v) is 2.50. The summed E-state index contributed by atoms with van der Waals surface area (Å²) in [6.45, 7) is 0. The van der Waals surface area contributed by atoms with Gasteiger partial charge in [-0.1, -0.05) is 12.1 Å². The zero-order chi connectivity index (χ0) is 14.1. The smallest absolute Gasteiger partial charge is 0.127 e. The summed E-state index contributed by atoms with van der Waals surface area (Å²) in [5.41, 5.74) is 4.95. The van der Waals surface area contributed by atoms with Gasteiger partial charge in [0.25, 0.3) is 0 Å². The monoisotopic (exact) mass is 270 g/mol. The third kappa shape index (κ3) is 2.09. The van der Waals surface area contributed by atoms with Crippen molar-refractivity contribution in [3.63, 3.8) is 0 Å². The standard InChI is InChI=1S/C14H18N6/c1-19-8-7-16-14(19)11(18-15)9-13-17-10-5-3-4-6-12(10)20(13)2/h3-8,11,18H,9,15H2,1-2H3. The molecule has 0 saturated heterocycles. The molecule has 0 bridgehead atoms. The molecule has 104 valence electrons. The lowest BCUT2D eigenvalue weighted by Gasteiger charge is -2.15. The second-order valence-corrected chi connectivity index (χ2v) is 4.90. The van der Waals surface area contributed by atoms with Crippen molar-refractivity contribution >= 4 is 11.0 Å². The van der Waals surface area contributed by atoms with Gasteiger partial charge in [-0.3, -0.25) is 5.84 Å². The van der Waals surface area contributed by atoms with E-state index in [4.69, 9.17) is 5.84 Å². The minimum absolute atomic E-state index is 0.0643. The van der Waals surface area contributed by atoms with Crippen LogP contribution in [0.2, 0.25) is 0 Å². The van der Waals surface area contributed by atoms with Crippen molar-refractivity contribution < 1.29 is 0 Å². The third-order valence-electron chi connectivity index (χ3n) is 3.64. The topological polar surface area (TPSA) is 73.7 Å². The second kappa shape index (κ2) is 5.07. The lowest BCUT2D eigenvalue weighted by molar-refractivity contribution is 0.492. The van der Waals surface area contributed by atoms with Gasteiger partial charge in [0.2, 0.25) is 0 Å². The average Bonchev–Trinajstić information content (AvgIpc) is 3.01. The minimum atomic E-state index is -0.0643. The molecule has 0 spiro atoms. The van der Waals surface area contributed by atoms with E-state index in [1.165, 1.54) is 0 Å². The number of hydrogen-bond acceptors (Lipinski definition) is 4. The van der Waals surface area contributed by atoms with Gasteiger partial charge in [-0.05, 0) is 12.1 Å². The molecule has 1 unspecified atom stereocenters. The molecule has 0 radical (unpaired) electrons. The first kappa shape index (κ1) is 12.8. The van der Waals surface area contributed by atoms with Crippen molar-refractivity contribution in [2.45, 2.75) is 12.5 Å². The summed E-state index contributed by atoms with van der Waals surface area (Å²) in [6.07, 6.45) is 4.37. The Morgan fingerprint density at radius 3 is 2.75 bits per heavy atom. The lowest BCUT2D eigenvalue weighted by atomic mass is 10.2. The highest BCUT2D eigenvalue weighted by Crippen LogP contribution is 2.19. The summed E-state index contributed by atoms with van der Waals surface area (Å²) in [7, 11) is 3.98. The molecule has 0 aliphatic rings. The number of nitrogens with zero attached hydrogens (tertiary/aromatic N) is 4. The van der Waals surface area contributed by atoms with Gasteiger partial charge in [-0.15, -0.1) is 0 Å². The quantitative estimate of drug-likeness (QED) is 0.549. The van der Waals surface area contributed by atoms with Crippen LogP contribution in [0, 0.1) is 0 Å². The number of imidazole rings is 2. The normalized spacial score (nSPS) is 12.9. The molecule has 6 nitrogen and oxygen atoms in total. The first-order valence-corrected chi connectivity index (χ1v) is 6.54. The lowest BCUT2D eigenvalue weighted by Crippen LogP contribution is -2.32. The van der Waals surface area contributed by atoms with Crippen molar-refractivity contribution in [3.8, 4) is 0 Å². The Bertz CT molecular complexity index is 726. The van der Waals surface area contributed by atoms with Crippen LogP contribution in [-0.4, -0.2) is 19.1 Å². The van der Waals surface area contributed by atoms with E-state index in [1.54, 1.807) is 6.20 Å². The number of hydrogen-bond donors (Lipinski definition) is 2. The van der Waals surface area contributed by atoms with Crippen LogP contribution in [0.1, 0.15) is 17.7 Å². The SMILES string of the molecule is Cn1ccnc1C(Cc1nc2ccccc2n1C)NN. The molecule has 20 heavy (non-hydrogen) atoms. The largest absolute Gasteiger partial charge is 0.337 e. The minimum Gasteiger partial charge on any atom is -0.337 e. The van der Waals surface area contributed by atoms with Crippen molar-refractivity contribution in [3.05, 3.63) is 48.3 Å². The van der Waals surface area contributed by atoms with E-state index in [9.17, 15) is 0 Å². The van der Waals surface area contributed by atoms with Gasteiger partial charge in [0.05, 0.1) is 17.1 Å². The Morgan fingerprint density at radius 1 is 1.30 bits per heavy atom. The van der Waals surface area contributed by atoms with Crippen molar-refractivity contribution in [2.24, 2.45) is 19.9 Å². The molecule has 0 fully saturated rings. The molecular weight excluding hydrogens is 252 g/mol. The molecule has 2 heterocycles. The summed E-state index contributed by atoms with van der Waals surface area (Å²) in [4.78, 5) is 9.02. The van der Waals surface area contributed by atoms with E-state index >= 15 is 0 Å². The van der Waals surface area contributed by atoms with Crippen LogP contribution in [0.3, 0.4) is 0 Å². The van der Waals surface area contributed by atoms with Crippen LogP contribution >= 0.6 is 0 Å². The predicted molar refractivity (Wildman–Crippen MR) is 77.7 cm³/mol. The van der Waals surface area contributed by atoms with Gasteiger partial charge in [0, 0.05) is 32.9 Å². The Hall–Kier alpha value is -2.18. The number of hydrazine groups is 1. The molecule has 0 aliphatic heterocycles. The summed E-state index contributed by atoms with van der Waals surface area (Å²) >= 11 is 0. The summed E-state index contributed by atoms with van der Waals surface area (Å²) < 4.78 is 4.07. The van der Waals surface area contributed by atoms with Gasteiger partial charge >= 0.3 is 0 Å². The Kier molecular flexibility index (Phi) is 3.25. The molecule has 0 saturated carbocycles. The number of aromatic nitrogens is 4. The molecule has 0 aliphatic carbocycles. The van der Waals surface area contributed by atoms with Crippen LogP contribution in [0.15, 0.2) is 36.7 Å². The van der Waals surface area contributed by atoms with Crippen LogP contribution < -0.4 is 11.3 Å². The van der Waals surface area contributed by atoms with Gasteiger partial charge in [0.15, 0.2) is 0 Å². The van der Waals surface area contributed by atoms with Gasteiger partial charge < -0.3 is 9.13 Å². The number of fused-ring (bicyclic) bond motifs is 1. The molecule has 2 aromatic heterocycles. The molecule has 0 amide bonds. The van der Waals surface area contributed by atoms with Crippen LogP contribution in [0.5, 0.6) is 0 Å². The fourth-order valence-electron chi connectivity index (χ4n) is 2.50. The van der Waals surface area contributed by atoms with Crippen molar-refractivity contribution in [2.75, 3.05) is 0 Å². The van der Waals surface area contributed by atoms with Gasteiger partial charge in [-0.25, -0.2) is 15.4 Å². The number of benzene rings is 1. The fraction of sp³-hybridized carbons (Fsp3) is 0.286. The maximum Gasteiger partial charge on any atom is 0.127 e. The number of aryl methyl sites for hydroxylation is 2. The van der Waals surface area contributed by atoms with Gasteiger partial charge in [-0.2, -0.15) is 0 Å². The Morgan fingerprint density at radius 2 is 2.10 bits per heavy atom. The number of nitrogens with one attached hydrogen (secondary N) is 1. The molecular formula is C14H18N6. The van der Waals surface area contributed by atoms with E-state index in [-0.39, 0.29) is 6.04 Å². The molecule has 3 rings (SSSR count). The molecule has 6 heteroatoms. The third-order valence-corrected chi connectivity index (χ3v) is 3.64. The van der Waals surface area contributed by atoms with Crippen LogP contribution in [0.25, 0.3) is 11.0 Å². The Labute approximate surface area is 117 Å². The first-order chi connectivity index (χ1) is 9.70. The maximum atomic E-state index is 5.68. The Balaban J connectivity index is 1.95. The number of para-hydroxylation sites is 2. The van der Waals surface area contributed by atoms with E-state index in [1.807, 2.05) is 43.1 Å². The zero-order valence-corrected chi connectivity index (χ0v) is 11.6. The predicted octanol–water partition coefficient (Wildman–Crippen LogP) is 1.05. The first-order valence-electron chi connectivity index (χ1n) is 6.54. The van der Waals surface area contributed by atoms with Crippen molar-refractivity contribution in [1.82, 2.24) is 24.5 Å². The van der Waals surface area contributed by atoms with Gasteiger partial charge in [0.1, 0.15) is 11.6 Å². The summed E-state index contributed by atoms with van der Waals surface area (Å²) in [6, 6.07) is 8.04. The molecule has 3 N–H and O–H groups in total. The van der Waals surface area contributed by atoms with E-state index in [0.29, 0.717) is 6.42 Å². The van der Waals surface area contributed by atoms with Crippen LogP contribution in [0.4, 0.5) is 0 Å². The van der Waals surface area contributed by atoms with E-state index < -0.39 is 0 Å². The number of nitrogens with two attached hydrogens (primary N) is 1.